The van der Waals surface area contributed by atoms with Crippen molar-refractivity contribution in [2.75, 3.05) is 33.3 Å². The molecule has 3 rings (SSSR count). The summed E-state index contributed by atoms with van der Waals surface area (Å²) in [6.07, 6.45) is 2.97. The maximum absolute atomic E-state index is 12.9. The van der Waals surface area contributed by atoms with Gasteiger partial charge in [0.25, 0.3) is 5.91 Å². The average molecular weight is 318 g/mol. The first-order valence-electron chi connectivity index (χ1n) is 8.37. The van der Waals surface area contributed by atoms with Crippen LogP contribution in [0.2, 0.25) is 0 Å². The van der Waals surface area contributed by atoms with E-state index in [1.807, 2.05) is 11.8 Å². The van der Waals surface area contributed by atoms with Crippen LogP contribution in [0.25, 0.3) is 0 Å². The van der Waals surface area contributed by atoms with Crippen molar-refractivity contribution in [3.05, 3.63) is 29.3 Å². The van der Waals surface area contributed by atoms with Crippen LogP contribution in [-0.2, 0) is 0 Å². The first-order valence-corrected chi connectivity index (χ1v) is 8.37. The number of nitrogens with zero attached hydrogens (tertiary/aromatic N) is 2. The molecule has 2 N–H and O–H groups in total. The largest absolute Gasteiger partial charge is 0.508 e. The molecule has 0 aliphatic carbocycles. The zero-order valence-corrected chi connectivity index (χ0v) is 14.0. The number of phenols is 1. The third-order valence-electron chi connectivity index (χ3n) is 5.75. The standard InChI is InChI=1S/C18H26N2O3/c1-13-4-5-14(22)10-15(13)17(23)20-9-7-18(12-21)6-3-8-19(2)16(18)11-20/h4-5,10,16,21-22H,3,6-9,11-12H2,1-2H3/t16-,18-/m1/s1. The molecule has 2 saturated heterocycles. The SMILES string of the molecule is Cc1ccc(O)cc1C(=O)N1CC[C@@]2(CO)CCCN(C)[C@@H]2C1. The fourth-order valence-corrected chi connectivity index (χ4v) is 4.21. The van der Waals surface area contributed by atoms with E-state index in [1.165, 1.54) is 0 Å². The second-order valence-electron chi connectivity index (χ2n) is 7.12. The van der Waals surface area contributed by atoms with E-state index in [1.54, 1.807) is 18.2 Å². The number of phenolic OH excluding ortho intramolecular Hbond substituents is 1. The Bertz CT molecular complexity index is 604. The number of amides is 1. The fourth-order valence-electron chi connectivity index (χ4n) is 4.21. The highest BCUT2D eigenvalue weighted by molar-refractivity contribution is 5.96. The lowest BCUT2D eigenvalue weighted by molar-refractivity contribution is -0.0601. The van der Waals surface area contributed by atoms with Gasteiger partial charge in [-0.25, -0.2) is 0 Å². The van der Waals surface area contributed by atoms with Gasteiger partial charge in [-0.15, -0.1) is 0 Å². The summed E-state index contributed by atoms with van der Waals surface area (Å²) in [5.41, 5.74) is 1.38. The molecule has 0 aromatic heterocycles. The van der Waals surface area contributed by atoms with Crippen molar-refractivity contribution >= 4 is 5.91 Å². The predicted molar refractivity (Wildman–Crippen MR) is 88.5 cm³/mol. The molecule has 0 radical (unpaired) electrons. The highest BCUT2D eigenvalue weighted by Gasteiger charge is 2.47. The van der Waals surface area contributed by atoms with Crippen LogP contribution in [-0.4, -0.2) is 65.3 Å². The molecule has 5 nitrogen and oxygen atoms in total. The van der Waals surface area contributed by atoms with Crippen molar-refractivity contribution in [2.45, 2.75) is 32.2 Å². The summed E-state index contributed by atoms with van der Waals surface area (Å²) in [7, 11) is 2.09. The number of carbonyl (C=O) groups is 1. The minimum absolute atomic E-state index is 0.0242. The van der Waals surface area contributed by atoms with Gasteiger partial charge < -0.3 is 20.0 Å². The number of carbonyl (C=O) groups excluding carboxylic acids is 1. The first kappa shape index (κ1) is 16.3. The Balaban J connectivity index is 1.83. The molecule has 2 fully saturated rings. The number of hydrogen-bond donors (Lipinski definition) is 2. The highest BCUT2D eigenvalue weighted by atomic mass is 16.3. The lowest BCUT2D eigenvalue weighted by atomic mass is 9.69. The molecule has 2 aliphatic rings. The van der Waals surface area contributed by atoms with Gasteiger partial charge in [0.05, 0.1) is 6.61 Å². The Morgan fingerprint density at radius 2 is 2.13 bits per heavy atom. The summed E-state index contributed by atoms with van der Waals surface area (Å²) in [6.45, 7) is 4.40. The summed E-state index contributed by atoms with van der Waals surface area (Å²) in [4.78, 5) is 17.0. The van der Waals surface area contributed by atoms with E-state index in [0.29, 0.717) is 18.7 Å². The van der Waals surface area contributed by atoms with Gasteiger partial charge in [0.15, 0.2) is 0 Å². The van der Waals surface area contributed by atoms with Crippen molar-refractivity contribution in [3.8, 4) is 5.75 Å². The second-order valence-corrected chi connectivity index (χ2v) is 7.12. The van der Waals surface area contributed by atoms with Crippen molar-refractivity contribution in [3.63, 3.8) is 0 Å². The Labute approximate surface area is 137 Å². The van der Waals surface area contributed by atoms with Crippen LogP contribution >= 0.6 is 0 Å². The normalized spacial score (nSPS) is 28.5. The number of aromatic hydroxyl groups is 1. The molecule has 0 bridgehead atoms. The third-order valence-corrected chi connectivity index (χ3v) is 5.75. The van der Waals surface area contributed by atoms with Crippen LogP contribution < -0.4 is 0 Å². The van der Waals surface area contributed by atoms with Crippen LogP contribution in [0.1, 0.15) is 35.2 Å². The third kappa shape index (κ3) is 2.83. The van der Waals surface area contributed by atoms with Crippen LogP contribution in [0.15, 0.2) is 18.2 Å². The van der Waals surface area contributed by atoms with E-state index in [4.69, 9.17) is 0 Å². The molecule has 0 spiro atoms. The number of fused-ring (bicyclic) bond motifs is 1. The first-order chi connectivity index (χ1) is 11.0. The number of hydrogen-bond acceptors (Lipinski definition) is 4. The molecule has 2 heterocycles. The van der Waals surface area contributed by atoms with E-state index in [2.05, 4.69) is 11.9 Å². The number of aryl methyl sites for hydroxylation is 1. The Morgan fingerprint density at radius 3 is 2.87 bits per heavy atom. The number of likely N-dealkylation sites (N-methyl/N-ethyl adjacent to an activating group) is 1. The summed E-state index contributed by atoms with van der Waals surface area (Å²) >= 11 is 0. The van der Waals surface area contributed by atoms with Crippen LogP contribution in [0.3, 0.4) is 0 Å². The summed E-state index contributed by atoms with van der Waals surface area (Å²) in [5, 5.41) is 19.6. The lowest BCUT2D eigenvalue weighted by Gasteiger charge is -2.53. The van der Waals surface area contributed by atoms with E-state index in [-0.39, 0.29) is 29.7 Å². The minimum atomic E-state index is -0.0718. The van der Waals surface area contributed by atoms with Gasteiger partial charge in [-0.05, 0) is 57.5 Å². The van der Waals surface area contributed by atoms with Gasteiger partial charge in [-0.1, -0.05) is 6.07 Å². The van der Waals surface area contributed by atoms with Crippen LogP contribution in [0, 0.1) is 12.3 Å². The van der Waals surface area contributed by atoms with Gasteiger partial charge in [-0.2, -0.15) is 0 Å². The van der Waals surface area contributed by atoms with Gasteiger partial charge >= 0.3 is 0 Å². The Kier molecular flexibility index (Phi) is 4.34. The van der Waals surface area contributed by atoms with Gasteiger partial charge in [0.2, 0.25) is 0 Å². The predicted octanol–water partition coefficient (Wildman–Crippen LogP) is 1.62. The number of benzene rings is 1. The molecule has 23 heavy (non-hydrogen) atoms. The molecular formula is C18H26N2O3. The summed E-state index contributed by atoms with van der Waals surface area (Å²) in [5.74, 6) is 0.0966. The maximum Gasteiger partial charge on any atom is 0.254 e. The maximum atomic E-state index is 12.9. The van der Waals surface area contributed by atoms with Gasteiger partial charge in [-0.3, -0.25) is 4.79 Å². The number of rotatable bonds is 2. The zero-order chi connectivity index (χ0) is 16.6. The second kappa shape index (κ2) is 6.13. The molecular weight excluding hydrogens is 292 g/mol. The number of aliphatic hydroxyl groups excluding tert-OH is 1. The minimum Gasteiger partial charge on any atom is -0.508 e. The average Bonchev–Trinajstić information content (AvgIpc) is 2.56. The molecule has 1 amide bonds. The van der Waals surface area contributed by atoms with Crippen LogP contribution in [0.5, 0.6) is 5.75 Å². The monoisotopic (exact) mass is 318 g/mol. The number of aliphatic hydroxyl groups is 1. The van der Waals surface area contributed by atoms with Crippen molar-refractivity contribution in [1.29, 1.82) is 0 Å². The van der Waals surface area contributed by atoms with Crippen molar-refractivity contribution < 1.29 is 15.0 Å². The lowest BCUT2D eigenvalue weighted by Crippen LogP contribution is -2.62. The molecule has 0 unspecified atom stereocenters. The topological polar surface area (TPSA) is 64.0 Å². The van der Waals surface area contributed by atoms with E-state index >= 15 is 0 Å². The van der Waals surface area contributed by atoms with Crippen molar-refractivity contribution in [2.24, 2.45) is 5.41 Å². The summed E-state index contributed by atoms with van der Waals surface area (Å²) in [6, 6.07) is 5.14. The van der Waals surface area contributed by atoms with E-state index in [9.17, 15) is 15.0 Å². The Morgan fingerprint density at radius 1 is 1.35 bits per heavy atom. The van der Waals surface area contributed by atoms with Crippen LogP contribution in [0.4, 0.5) is 0 Å². The van der Waals surface area contributed by atoms with Gasteiger partial charge in [0, 0.05) is 30.1 Å². The smallest absolute Gasteiger partial charge is 0.254 e. The van der Waals surface area contributed by atoms with E-state index in [0.717, 1.165) is 31.4 Å². The fraction of sp³-hybridized carbons (Fsp3) is 0.611. The summed E-state index contributed by atoms with van der Waals surface area (Å²) < 4.78 is 0. The molecule has 1 aromatic rings. The Hall–Kier alpha value is -1.59. The number of likely N-dealkylation sites (tertiary alicyclic amines) is 2. The molecule has 1 aromatic carbocycles. The number of piperidine rings is 2. The zero-order valence-electron chi connectivity index (χ0n) is 14.0. The van der Waals surface area contributed by atoms with Gasteiger partial charge in [0.1, 0.15) is 5.75 Å². The molecule has 0 saturated carbocycles. The molecule has 126 valence electrons. The quantitative estimate of drug-likeness (QED) is 0.870. The van der Waals surface area contributed by atoms with E-state index < -0.39 is 0 Å². The molecule has 2 aliphatic heterocycles. The van der Waals surface area contributed by atoms with Crippen molar-refractivity contribution in [1.82, 2.24) is 9.80 Å². The highest BCUT2D eigenvalue weighted by Crippen LogP contribution is 2.41. The molecule has 2 atom stereocenters. The molecule has 5 heteroatoms.